The van der Waals surface area contributed by atoms with Crippen molar-refractivity contribution in [2.45, 2.75) is 19.1 Å². The summed E-state index contributed by atoms with van der Waals surface area (Å²) in [6.45, 7) is -1.30. The molecule has 0 saturated heterocycles. The van der Waals surface area contributed by atoms with E-state index in [1.807, 2.05) is 0 Å². The third-order valence-corrected chi connectivity index (χ3v) is 2.50. The zero-order chi connectivity index (χ0) is 14.7. The van der Waals surface area contributed by atoms with Crippen LogP contribution in [-0.4, -0.2) is 19.1 Å². The smallest absolute Gasteiger partial charge is 0.405 e. The molecule has 1 aromatic carbocycles. The van der Waals surface area contributed by atoms with Gasteiger partial charge in [0, 0.05) is 6.54 Å². The first-order valence-corrected chi connectivity index (χ1v) is 5.68. The summed E-state index contributed by atoms with van der Waals surface area (Å²) in [4.78, 5) is 0. The van der Waals surface area contributed by atoms with Crippen molar-refractivity contribution in [2.24, 2.45) is 0 Å². The highest BCUT2D eigenvalue weighted by atomic mass is 79.9. The van der Waals surface area contributed by atoms with E-state index in [1.54, 1.807) is 0 Å². The van der Waals surface area contributed by atoms with Gasteiger partial charge in [-0.1, -0.05) is 6.07 Å². The van der Waals surface area contributed by atoms with E-state index in [-0.39, 0.29) is 11.0 Å². The van der Waals surface area contributed by atoms with Crippen LogP contribution in [-0.2, 0) is 6.54 Å². The Balaban J connectivity index is 2.62. The van der Waals surface area contributed by atoms with Gasteiger partial charge in [0.2, 0.25) is 0 Å². The summed E-state index contributed by atoms with van der Waals surface area (Å²) in [6, 6.07) is 3.53. The number of hydrogen-bond acceptors (Lipinski definition) is 2. The van der Waals surface area contributed by atoms with Gasteiger partial charge in [-0.25, -0.2) is 0 Å². The molecule has 0 radical (unpaired) electrons. The minimum Gasteiger partial charge on any atom is -0.405 e. The van der Waals surface area contributed by atoms with Crippen LogP contribution in [0.15, 0.2) is 22.7 Å². The molecule has 0 spiro atoms. The maximum atomic E-state index is 12.0. The van der Waals surface area contributed by atoms with Gasteiger partial charge in [0.05, 0.1) is 11.0 Å². The Morgan fingerprint density at radius 2 is 1.74 bits per heavy atom. The monoisotopic (exact) mass is 351 g/mol. The number of halogens is 7. The number of ether oxygens (including phenoxy) is 1. The third kappa shape index (κ3) is 6.67. The minimum absolute atomic E-state index is 0.0103. The molecule has 0 aliphatic rings. The Morgan fingerprint density at radius 3 is 2.21 bits per heavy atom. The average molecular weight is 352 g/mol. The predicted molar refractivity (Wildman–Crippen MR) is 58.6 cm³/mol. The van der Waals surface area contributed by atoms with Gasteiger partial charge in [0.15, 0.2) is 0 Å². The van der Waals surface area contributed by atoms with Crippen molar-refractivity contribution in [3.8, 4) is 5.75 Å². The molecule has 0 aromatic heterocycles. The summed E-state index contributed by atoms with van der Waals surface area (Å²) in [6.07, 6.45) is -9.16. The first kappa shape index (κ1) is 16.1. The van der Waals surface area contributed by atoms with Gasteiger partial charge in [-0.15, -0.1) is 13.2 Å². The van der Waals surface area contributed by atoms with Gasteiger partial charge in [0.1, 0.15) is 5.75 Å². The standard InChI is InChI=1S/C10H8BrF6NO/c11-7-3-6(4-18-5-9(12,13)14)1-2-8(7)19-10(15,16)17/h1-3,18H,4-5H2. The molecule has 19 heavy (non-hydrogen) atoms. The molecule has 0 unspecified atom stereocenters. The lowest BCUT2D eigenvalue weighted by molar-refractivity contribution is -0.274. The second kappa shape index (κ2) is 6.00. The normalized spacial score (nSPS) is 12.6. The van der Waals surface area contributed by atoms with Gasteiger partial charge in [0.25, 0.3) is 0 Å². The van der Waals surface area contributed by atoms with Crippen LogP contribution < -0.4 is 10.1 Å². The van der Waals surface area contributed by atoms with Gasteiger partial charge in [-0.3, -0.25) is 0 Å². The Bertz CT molecular complexity index is 431. The quantitative estimate of drug-likeness (QED) is 0.828. The van der Waals surface area contributed by atoms with Crippen molar-refractivity contribution >= 4 is 15.9 Å². The molecular formula is C10H8BrF6NO. The zero-order valence-electron chi connectivity index (χ0n) is 9.20. The van der Waals surface area contributed by atoms with E-state index < -0.39 is 24.8 Å². The second-order valence-electron chi connectivity index (χ2n) is 3.53. The van der Waals surface area contributed by atoms with Crippen molar-refractivity contribution in [2.75, 3.05) is 6.54 Å². The number of benzene rings is 1. The van der Waals surface area contributed by atoms with Crippen molar-refractivity contribution in [1.29, 1.82) is 0 Å². The van der Waals surface area contributed by atoms with Crippen molar-refractivity contribution < 1.29 is 31.1 Å². The molecule has 2 nitrogen and oxygen atoms in total. The van der Waals surface area contributed by atoms with Gasteiger partial charge in [-0.05, 0) is 33.6 Å². The molecule has 1 aromatic rings. The van der Waals surface area contributed by atoms with Crippen molar-refractivity contribution in [1.82, 2.24) is 5.32 Å². The summed E-state index contributed by atoms with van der Waals surface area (Å²) in [5.74, 6) is -0.452. The summed E-state index contributed by atoms with van der Waals surface area (Å²) < 4.78 is 75.2. The van der Waals surface area contributed by atoms with Crippen LogP contribution in [0.3, 0.4) is 0 Å². The Labute approximate surface area is 112 Å². The lowest BCUT2D eigenvalue weighted by Gasteiger charge is -2.12. The fourth-order valence-electron chi connectivity index (χ4n) is 1.21. The molecule has 0 aliphatic heterocycles. The highest BCUT2D eigenvalue weighted by Crippen LogP contribution is 2.31. The molecule has 0 bridgehead atoms. The molecule has 0 heterocycles. The molecule has 0 fully saturated rings. The summed E-state index contributed by atoms with van der Waals surface area (Å²) in [5.41, 5.74) is 0.394. The first-order chi connectivity index (χ1) is 8.57. The SMILES string of the molecule is FC(F)(F)CNCc1ccc(OC(F)(F)F)c(Br)c1. The molecule has 9 heteroatoms. The molecule has 1 N–H and O–H groups in total. The van der Waals surface area contributed by atoms with Gasteiger partial charge < -0.3 is 10.1 Å². The highest BCUT2D eigenvalue weighted by molar-refractivity contribution is 9.10. The maximum absolute atomic E-state index is 12.0. The van der Waals surface area contributed by atoms with Crippen LogP contribution in [0.25, 0.3) is 0 Å². The van der Waals surface area contributed by atoms with E-state index >= 15 is 0 Å². The van der Waals surface area contributed by atoms with E-state index in [0.29, 0.717) is 5.56 Å². The zero-order valence-corrected chi connectivity index (χ0v) is 10.8. The van der Waals surface area contributed by atoms with Crippen molar-refractivity contribution in [3.63, 3.8) is 0 Å². The van der Waals surface area contributed by atoms with Crippen LogP contribution in [0.2, 0.25) is 0 Å². The minimum atomic E-state index is -4.82. The Morgan fingerprint density at radius 1 is 1.11 bits per heavy atom. The fourth-order valence-corrected chi connectivity index (χ4v) is 1.72. The highest BCUT2D eigenvalue weighted by Gasteiger charge is 2.32. The summed E-state index contributed by atoms with van der Waals surface area (Å²) in [7, 11) is 0. The largest absolute Gasteiger partial charge is 0.573 e. The number of alkyl halides is 6. The van der Waals surface area contributed by atoms with E-state index in [2.05, 4.69) is 26.0 Å². The van der Waals surface area contributed by atoms with Gasteiger partial charge in [-0.2, -0.15) is 13.2 Å². The lowest BCUT2D eigenvalue weighted by Crippen LogP contribution is -2.28. The van der Waals surface area contributed by atoms with Crippen LogP contribution >= 0.6 is 15.9 Å². The molecule has 0 amide bonds. The lowest BCUT2D eigenvalue weighted by atomic mass is 10.2. The van der Waals surface area contributed by atoms with Crippen molar-refractivity contribution in [3.05, 3.63) is 28.2 Å². The first-order valence-electron chi connectivity index (χ1n) is 4.88. The maximum Gasteiger partial charge on any atom is 0.573 e. The molecule has 1 rings (SSSR count). The molecule has 108 valence electrons. The third-order valence-electron chi connectivity index (χ3n) is 1.88. The molecular weight excluding hydrogens is 344 g/mol. The second-order valence-corrected chi connectivity index (χ2v) is 4.39. The van der Waals surface area contributed by atoms with Crippen LogP contribution in [0.4, 0.5) is 26.3 Å². The summed E-state index contributed by atoms with van der Waals surface area (Å²) in [5, 5.41) is 2.13. The van der Waals surface area contributed by atoms with E-state index in [0.717, 1.165) is 6.07 Å². The summed E-state index contributed by atoms with van der Waals surface area (Å²) >= 11 is 2.86. The number of hydrogen-bond donors (Lipinski definition) is 1. The number of rotatable bonds is 4. The van der Waals surface area contributed by atoms with E-state index in [4.69, 9.17) is 0 Å². The predicted octanol–water partition coefficient (Wildman–Crippen LogP) is 4.00. The molecule has 0 aliphatic carbocycles. The number of nitrogens with one attached hydrogen (secondary N) is 1. The van der Waals surface area contributed by atoms with E-state index in [1.165, 1.54) is 12.1 Å². The molecule has 0 atom stereocenters. The molecule has 0 saturated carbocycles. The van der Waals surface area contributed by atoms with Crippen LogP contribution in [0, 0.1) is 0 Å². The van der Waals surface area contributed by atoms with Crippen LogP contribution in [0.1, 0.15) is 5.56 Å². The Hall–Kier alpha value is -0.960. The van der Waals surface area contributed by atoms with E-state index in [9.17, 15) is 26.3 Å². The van der Waals surface area contributed by atoms with Gasteiger partial charge >= 0.3 is 12.5 Å². The Kier molecular flexibility index (Phi) is 5.08. The average Bonchev–Trinajstić information content (AvgIpc) is 2.18. The van der Waals surface area contributed by atoms with Crippen LogP contribution in [0.5, 0.6) is 5.75 Å². The fraction of sp³-hybridized carbons (Fsp3) is 0.400. The topological polar surface area (TPSA) is 21.3 Å².